The first kappa shape index (κ1) is 10.6. The monoisotopic (exact) mass is 207 g/mol. The Hall–Kier alpha value is -0.890. The molecule has 0 spiro atoms. The molecule has 0 amide bonds. The lowest BCUT2D eigenvalue weighted by Gasteiger charge is -2.50. The molecule has 1 aromatic rings. The van der Waals surface area contributed by atoms with Crippen LogP contribution in [0.1, 0.15) is 30.9 Å². The van der Waals surface area contributed by atoms with Crippen molar-refractivity contribution in [3.63, 3.8) is 0 Å². The highest BCUT2D eigenvalue weighted by atomic mass is 19.1. The first-order valence-electron chi connectivity index (χ1n) is 5.44. The Morgan fingerprint density at radius 2 is 1.93 bits per heavy atom. The molecule has 15 heavy (non-hydrogen) atoms. The second-order valence-corrected chi connectivity index (χ2v) is 5.07. The largest absolute Gasteiger partial charge is 0.330 e. The standard InChI is InChI=1S/C13H18FN/c1-10-5-3-4-6-11(10)13(9-15)7-12(2,14)8-13/h3-6H,7-9,15H2,1-2H3. The van der Waals surface area contributed by atoms with Crippen LogP contribution in [-0.2, 0) is 5.41 Å². The fourth-order valence-corrected chi connectivity index (χ4v) is 2.97. The lowest BCUT2D eigenvalue weighted by atomic mass is 9.57. The highest BCUT2D eigenvalue weighted by Gasteiger charge is 2.52. The molecule has 2 N–H and O–H groups in total. The van der Waals surface area contributed by atoms with E-state index in [1.165, 1.54) is 11.1 Å². The van der Waals surface area contributed by atoms with Crippen LogP contribution in [-0.4, -0.2) is 12.2 Å². The Bertz CT molecular complexity index is 363. The predicted octanol–water partition coefficient (Wildman–Crippen LogP) is 2.71. The van der Waals surface area contributed by atoms with Crippen molar-refractivity contribution in [1.82, 2.24) is 0 Å². The number of halogens is 1. The fourth-order valence-electron chi connectivity index (χ4n) is 2.97. The van der Waals surface area contributed by atoms with Gasteiger partial charge in [-0.15, -0.1) is 0 Å². The summed E-state index contributed by atoms with van der Waals surface area (Å²) in [5, 5.41) is 0. The van der Waals surface area contributed by atoms with Crippen LogP contribution in [0.5, 0.6) is 0 Å². The smallest absolute Gasteiger partial charge is 0.110 e. The molecular formula is C13H18FN. The van der Waals surface area contributed by atoms with Crippen LogP contribution >= 0.6 is 0 Å². The summed E-state index contributed by atoms with van der Waals surface area (Å²) in [5.74, 6) is 0. The number of hydrogen-bond donors (Lipinski definition) is 1. The Labute approximate surface area is 90.5 Å². The lowest BCUT2D eigenvalue weighted by molar-refractivity contribution is 0.00244. The van der Waals surface area contributed by atoms with E-state index in [2.05, 4.69) is 19.1 Å². The number of aryl methyl sites for hydroxylation is 1. The van der Waals surface area contributed by atoms with Crippen molar-refractivity contribution >= 4 is 0 Å². The highest BCUT2D eigenvalue weighted by molar-refractivity contribution is 5.37. The molecule has 1 nitrogen and oxygen atoms in total. The molecule has 1 saturated carbocycles. The van der Waals surface area contributed by atoms with Crippen LogP contribution in [0.3, 0.4) is 0 Å². The molecular weight excluding hydrogens is 189 g/mol. The van der Waals surface area contributed by atoms with Crippen LogP contribution in [0.25, 0.3) is 0 Å². The van der Waals surface area contributed by atoms with Gasteiger partial charge in [0, 0.05) is 12.0 Å². The topological polar surface area (TPSA) is 26.0 Å². The second-order valence-electron chi connectivity index (χ2n) is 5.07. The summed E-state index contributed by atoms with van der Waals surface area (Å²) in [5.41, 5.74) is 7.13. The van der Waals surface area contributed by atoms with Gasteiger partial charge in [-0.3, -0.25) is 0 Å². The molecule has 0 atom stereocenters. The maximum Gasteiger partial charge on any atom is 0.110 e. The molecule has 1 aromatic carbocycles. The quantitative estimate of drug-likeness (QED) is 0.792. The molecule has 0 saturated heterocycles. The van der Waals surface area contributed by atoms with Crippen molar-refractivity contribution in [1.29, 1.82) is 0 Å². The van der Waals surface area contributed by atoms with Gasteiger partial charge < -0.3 is 5.73 Å². The number of hydrogen-bond acceptors (Lipinski definition) is 1. The average molecular weight is 207 g/mol. The molecule has 0 aromatic heterocycles. The lowest BCUT2D eigenvalue weighted by Crippen LogP contribution is -2.54. The Morgan fingerprint density at radius 1 is 1.33 bits per heavy atom. The van der Waals surface area contributed by atoms with Crippen LogP contribution in [0.4, 0.5) is 4.39 Å². The van der Waals surface area contributed by atoms with E-state index in [0.29, 0.717) is 19.4 Å². The van der Waals surface area contributed by atoms with Gasteiger partial charge in [0.2, 0.25) is 0 Å². The molecule has 0 heterocycles. The number of benzene rings is 1. The van der Waals surface area contributed by atoms with Gasteiger partial charge in [0.1, 0.15) is 5.67 Å². The molecule has 82 valence electrons. The molecule has 2 heteroatoms. The second kappa shape index (κ2) is 3.31. The average Bonchev–Trinajstić information content (AvgIpc) is 2.14. The van der Waals surface area contributed by atoms with Crippen LogP contribution < -0.4 is 5.73 Å². The number of alkyl halides is 1. The maximum absolute atomic E-state index is 13.6. The summed E-state index contributed by atoms with van der Waals surface area (Å²) < 4.78 is 13.6. The normalized spacial score (nSPS) is 34.9. The predicted molar refractivity (Wildman–Crippen MR) is 60.7 cm³/mol. The summed E-state index contributed by atoms with van der Waals surface area (Å²) in [4.78, 5) is 0. The van der Waals surface area contributed by atoms with Gasteiger partial charge in [0.25, 0.3) is 0 Å². The molecule has 1 aliphatic rings. The van der Waals surface area contributed by atoms with E-state index in [1.807, 2.05) is 12.1 Å². The third kappa shape index (κ3) is 1.67. The first-order valence-corrected chi connectivity index (χ1v) is 5.44. The summed E-state index contributed by atoms with van der Waals surface area (Å²) in [6.45, 7) is 4.27. The van der Waals surface area contributed by atoms with Crippen molar-refractivity contribution in [3.05, 3.63) is 35.4 Å². The minimum absolute atomic E-state index is 0.116. The van der Waals surface area contributed by atoms with E-state index in [0.717, 1.165) is 0 Å². The fraction of sp³-hybridized carbons (Fsp3) is 0.538. The van der Waals surface area contributed by atoms with E-state index in [4.69, 9.17) is 5.73 Å². The highest BCUT2D eigenvalue weighted by Crippen LogP contribution is 2.52. The minimum Gasteiger partial charge on any atom is -0.330 e. The summed E-state index contributed by atoms with van der Waals surface area (Å²) in [6, 6.07) is 8.17. The van der Waals surface area contributed by atoms with E-state index >= 15 is 0 Å². The van der Waals surface area contributed by atoms with E-state index in [1.54, 1.807) is 6.92 Å². The van der Waals surface area contributed by atoms with E-state index < -0.39 is 5.67 Å². The van der Waals surface area contributed by atoms with Crippen LogP contribution in [0, 0.1) is 6.92 Å². The third-order valence-corrected chi connectivity index (χ3v) is 3.52. The number of nitrogens with two attached hydrogens (primary N) is 1. The number of rotatable bonds is 2. The van der Waals surface area contributed by atoms with Gasteiger partial charge >= 0.3 is 0 Å². The van der Waals surface area contributed by atoms with Gasteiger partial charge in [-0.25, -0.2) is 4.39 Å². The van der Waals surface area contributed by atoms with Crippen LogP contribution in [0.15, 0.2) is 24.3 Å². The molecule has 2 rings (SSSR count). The van der Waals surface area contributed by atoms with Crippen LogP contribution in [0.2, 0.25) is 0 Å². The first-order chi connectivity index (χ1) is 6.99. The maximum atomic E-state index is 13.6. The van der Waals surface area contributed by atoms with Crippen molar-refractivity contribution < 1.29 is 4.39 Å². The van der Waals surface area contributed by atoms with Gasteiger partial charge in [0.15, 0.2) is 0 Å². The molecule has 1 aliphatic carbocycles. The zero-order valence-electron chi connectivity index (χ0n) is 9.39. The van der Waals surface area contributed by atoms with Crippen molar-refractivity contribution in [2.45, 2.75) is 37.8 Å². The molecule has 0 radical (unpaired) electrons. The summed E-state index contributed by atoms with van der Waals surface area (Å²) >= 11 is 0. The Kier molecular flexibility index (Phi) is 2.34. The molecule has 0 aliphatic heterocycles. The van der Waals surface area contributed by atoms with Gasteiger partial charge in [-0.2, -0.15) is 0 Å². The SMILES string of the molecule is Cc1ccccc1C1(CN)CC(C)(F)C1. The van der Waals surface area contributed by atoms with Gasteiger partial charge in [-0.05, 0) is 37.8 Å². The zero-order valence-corrected chi connectivity index (χ0v) is 9.39. The van der Waals surface area contributed by atoms with Crippen molar-refractivity contribution in [2.75, 3.05) is 6.54 Å². The third-order valence-electron chi connectivity index (χ3n) is 3.52. The summed E-state index contributed by atoms with van der Waals surface area (Å²) in [7, 11) is 0. The van der Waals surface area contributed by atoms with Gasteiger partial charge in [-0.1, -0.05) is 24.3 Å². The molecule has 1 fully saturated rings. The zero-order chi connectivity index (χ0) is 11.1. The van der Waals surface area contributed by atoms with E-state index in [9.17, 15) is 4.39 Å². The Morgan fingerprint density at radius 3 is 2.40 bits per heavy atom. The summed E-state index contributed by atoms with van der Waals surface area (Å²) in [6.07, 6.45) is 1.11. The van der Waals surface area contributed by atoms with Crippen molar-refractivity contribution in [3.8, 4) is 0 Å². The van der Waals surface area contributed by atoms with E-state index in [-0.39, 0.29) is 5.41 Å². The van der Waals surface area contributed by atoms with Crippen molar-refractivity contribution in [2.24, 2.45) is 5.73 Å². The van der Waals surface area contributed by atoms with Gasteiger partial charge in [0.05, 0.1) is 0 Å². The molecule has 0 unspecified atom stereocenters. The molecule has 0 bridgehead atoms. The Balaban J connectivity index is 2.34. The minimum atomic E-state index is -1.03.